The summed E-state index contributed by atoms with van der Waals surface area (Å²) < 4.78 is 5.43. The minimum Gasteiger partial charge on any atom is -0.495 e. The van der Waals surface area contributed by atoms with Gasteiger partial charge in [-0.25, -0.2) is 4.90 Å². The number of methoxy groups -OCH3 is 1. The molecular weight excluding hydrogens is 414 g/mol. The zero-order chi connectivity index (χ0) is 23.7. The average Bonchev–Trinajstić information content (AvgIpc) is 3.05. The van der Waals surface area contributed by atoms with Gasteiger partial charge < -0.3 is 15.0 Å². The van der Waals surface area contributed by atoms with Crippen LogP contribution in [0, 0.1) is 13.8 Å². The summed E-state index contributed by atoms with van der Waals surface area (Å²) in [6.07, 6.45) is 0. The van der Waals surface area contributed by atoms with Crippen LogP contribution in [0.5, 0.6) is 5.75 Å². The highest BCUT2D eigenvalue weighted by Crippen LogP contribution is 2.38. The molecule has 168 valence electrons. The molecule has 3 aromatic carbocycles. The number of imide groups is 1. The Morgan fingerprint density at radius 1 is 0.848 bits per heavy atom. The first-order chi connectivity index (χ1) is 15.8. The van der Waals surface area contributed by atoms with Crippen LogP contribution in [-0.4, -0.2) is 33.0 Å². The van der Waals surface area contributed by atoms with Gasteiger partial charge in [0.05, 0.1) is 18.4 Å². The minimum atomic E-state index is -0.422. The lowest BCUT2D eigenvalue weighted by molar-refractivity contribution is -0.120. The van der Waals surface area contributed by atoms with Gasteiger partial charge in [0, 0.05) is 25.5 Å². The summed E-state index contributed by atoms with van der Waals surface area (Å²) in [5, 5.41) is 3.22. The quantitative estimate of drug-likeness (QED) is 0.558. The van der Waals surface area contributed by atoms with E-state index in [0.29, 0.717) is 22.6 Å². The van der Waals surface area contributed by atoms with Crippen LogP contribution < -0.4 is 19.9 Å². The molecular formula is C27H27N3O3. The van der Waals surface area contributed by atoms with Gasteiger partial charge in [-0.15, -0.1) is 0 Å². The summed E-state index contributed by atoms with van der Waals surface area (Å²) in [6, 6.07) is 20.5. The SMILES string of the molecule is COc1ccccc1N1C(=O)C(Nc2ccc(N(C)C)cc2)=C(c2ccc(C)c(C)c2)C1=O. The van der Waals surface area contributed by atoms with Crippen molar-refractivity contribution in [3.63, 3.8) is 0 Å². The van der Waals surface area contributed by atoms with Crippen molar-refractivity contribution in [2.24, 2.45) is 0 Å². The zero-order valence-corrected chi connectivity index (χ0v) is 19.5. The summed E-state index contributed by atoms with van der Waals surface area (Å²) in [4.78, 5) is 30.5. The first kappa shape index (κ1) is 22.1. The smallest absolute Gasteiger partial charge is 0.282 e. The fraction of sp³-hybridized carbons (Fsp3) is 0.185. The molecule has 6 heteroatoms. The number of ether oxygens (including phenoxy) is 1. The molecule has 0 atom stereocenters. The second kappa shape index (κ2) is 8.82. The maximum atomic E-state index is 13.7. The van der Waals surface area contributed by atoms with E-state index in [-0.39, 0.29) is 11.6 Å². The van der Waals surface area contributed by atoms with Crippen molar-refractivity contribution in [3.05, 3.63) is 89.1 Å². The highest BCUT2D eigenvalue weighted by atomic mass is 16.5. The minimum absolute atomic E-state index is 0.242. The van der Waals surface area contributed by atoms with Crippen molar-refractivity contribution < 1.29 is 14.3 Å². The predicted molar refractivity (Wildman–Crippen MR) is 133 cm³/mol. The van der Waals surface area contributed by atoms with Crippen LogP contribution in [0.15, 0.2) is 72.4 Å². The Hall–Kier alpha value is -4.06. The van der Waals surface area contributed by atoms with Crippen molar-refractivity contribution in [3.8, 4) is 5.75 Å². The first-order valence-electron chi connectivity index (χ1n) is 10.7. The number of hydrogen-bond acceptors (Lipinski definition) is 5. The second-order valence-electron chi connectivity index (χ2n) is 8.23. The lowest BCUT2D eigenvalue weighted by Crippen LogP contribution is -2.32. The molecule has 1 aliphatic heterocycles. The van der Waals surface area contributed by atoms with Crippen molar-refractivity contribution in [2.75, 3.05) is 36.3 Å². The molecule has 0 saturated heterocycles. The maximum absolute atomic E-state index is 13.7. The van der Waals surface area contributed by atoms with Crippen molar-refractivity contribution in [2.45, 2.75) is 13.8 Å². The topological polar surface area (TPSA) is 61.9 Å². The van der Waals surface area contributed by atoms with Gasteiger partial charge in [0.25, 0.3) is 11.8 Å². The van der Waals surface area contributed by atoms with E-state index in [1.54, 1.807) is 24.3 Å². The van der Waals surface area contributed by atoms with Crippen LogP contribution in [0.25, 0.3) is 5.57 Å². The molecule has 0 unspecified atom stereocenters. The second-order valence-corrected chi connectivity index (χ2v) is 8.23. The Labute approximate surface area is 194 Å². The van der Waals surface area contributed by atoms with E-state index in [0.717, 1.165) is 22.5 Å². The van der Waals surface area contributed by atoms with Gasteiger partial charge in [-0.1, -0.05) is 30.3 Å². The Morgan fingerprint density at radius 2 is 1.55 bits per heavy atom. The monoisotopic (exact) mass is 441 g/mol. The molecule has 2 amide bonds. The highest BCUT2D eigenvalue weighted by Gasteiger charge is 2.41. The number of rotatable bonds is 6. The summed E-state index contributed by atoms with van der Waals surface area (Å²) in [6.45, 7) is 4.01. The Bertz CT molecular complexity index is 1260. The number of carbonyl (C=O) groups excluding carboxylic acids is 2. The Balaban J connectivity index is 1.83. The first-order valence-corrected chi connectivity index (χ1v) is 10.7. The summed E-state index contributed by atoms with van der Waals surface area (Å²) >= 11 is 0. The third-order valence-electron chi connectivity index (χ3n) is 5.86. The third-order valence-corrected chi connectivity index (χ3v) is 5.86. The molecule has 1 heterocycles. The lowest BCUT2D eigenvalue weighted by atomic mass is 9.99. The van der Waals surface area contributed by atoms with Crippen molar-refractivity contribution in [1.29, 1.82) is 0 Å². The molecule has 0 fully saturated rings. The van der Waals surface area contributed by atoms with E-state index < -0.39 is 5.91 Å². The third kappa shape index (κ3) is 4.07. The average molecular weight is 442 g/mol. The molecule has 0 radical (unpaired) electrons. The van der Waals surface area contributed by atoms with E-state index in [9.17, 15) is 9.59 Å². The lowest BCUT2D eigenvalue weighted by Gasteiger charge is -2.18. The fourth-order valence-corrected chi connectivity index (χ4v) is 3.83. The van der Waals surface area contributed by atoms with Gasteiger partial charge in [-0.2, -0.15) is 0 Å². The number of nitrogens with one attached hydrogen (secondary N) is 1. The Kier molecular flexibility index (Phi) is 5.92. The van der Waals surface area contributed by atoms with Crippen LogP contribution in [0.2, 0.25) is 0 Å². The normalized spacial score (nSPS) is 13.5. The van der Waals surface area contributed by atoms with Gasteiger partial charge in [0.15, 0.2) is 0 Å². The van der Waals surface area contributed by atoms with Crippen LogP contribution >= 0.6 is 0 Å². The van der Waals surface area contributed by atoms with Crippen LogP contribution in [0.1, 0.15) is 16.7 Å². The van der Waals surface area contributed by atoms with E-state index in [2.05, 4.69) is 5.32 Å². The molecule has 1 N–H and O–H groups in total. The molecule has 33 heavy (non-hydrogen) atoms. The van der Waals surface area contributed by atoms with Crippen LogP contribution in [0.4, 0.5) is 17.1 Å². The van der Waals surface area contributed by atoms with Gasteiger partial charge in [0.1, 0.15) is 11.4 Å². The van der Waals surface area contributed by atoms with Crippen molar-refractivity contribution in [1.82, 2.24) is 0 Å². The van der Waals surface area contributed by atoms with E-state index in [1.807, 2.05) is 75.3 Å². The molecule has 6 nitrogen and oxygen atoms in total. The fourth-order valence-electron chi connectivity index (χ4n) is 3.83. The van der Waals surface area contributed by atoms with E-state index in [4.69, 9.17) is 4.74 Å². The molecule has 0 aliphatic carbocycles. The number of nitrogens with zero attached hydrogens (tertiary/aromatic N) is 2. The van der Waals surface area contributed by atoms with Crippen molar-refractivity contribution >= 4 is 34.4 Å². The van der Waals surface area contributed by atoms with Crippen LogP contribution in [-0.2, 0) is 9.59 Å². The summed E-state index contributed by atoms with van der Waals surface area (Å²) in [5.74, 6) is -0.357. The highest BCUT2D eigenvalue weighted by molar-refractivity contribution is 6.46. The molecule has 3 aromatic rings. The maximum Gasteiger partial charge on any atom is 0.282 e. The summed E-state index contributed by atoms with van der Waals surface area (Å²) in [7, 11) is 5.45. The largest absolute Gasteiger partial charge is 0.495 e. The Morgan fingerprint density at radius 3 is 2.18 bits per heavy atom. The van der Waals surface area contributed by atoms with E-state index in [1.165, 1.54) is 12.0 Å². The molecule has 0 spiro atoms. The standard InChI is InChI=1S/C27H27N3O3/c1-17-10-11-19(16-18(17)2)24-25(28-20-12-14-21(15-13-20)29(3)4)27(32)30(26(24)31)22-8-6-7-9-23(22)33-5/h6-16,28H,1-5H3. The molecule has 0 aromatic heterocycles. The zero-order valence-electron chi connectivity index (χ0n) is 19.5. The number of para-hydroxylation sites is 2. The van der Waals surface area contributed by atoms with Gasteiger partial charge >= 0.3 is 0 Å². The summed E-state index contributed by atoms with van der Waals surface area (Å²) in [5.41, 5.74) is 5.61. The number of carbonyl (C=O) groups is 2. The molecule has 1 aliphatic rings. The number of hydrogen-bond donors (Lipinski definition) is 1. The number of amides is 2. The molecule has 4 rings (SSSR count). The van der Waals surface area contributed by atoms with Gasteiger partial charge in [-0.3, -0.25) is 9.59 Å². The molecule has 0 bridgehead atoms. The van der Waals surface area contributed by atoms with Crippen LogP contribution in [0.3, 0.4) is 0 Å². The number of anilines is 3. The van der Waals surface area contributed by atoms with Gasteiger partial charge in [-0.05, 0) is 66.9 Å². The number of aryl methyl sites for hydroxylation is 2. The van der Waals surface area contributed by atoms with Gasteiger partial charge in [0.2, 0.25) is 0 Å². The number of benzene rings is 3. The molecule has 0 saturated carbocycles. The predicted octanol–water partition coefficient (Wildman–Crippen LogP) is 4.77. The van der Waals surface area contributed by atoms with E-state index >= 15 is 0 Å².